The van der Waals surface area contributed by atoms with E-state index in [9.17, 15) is 19.4 Å². The lowest BCUT2D eigenvalue weighted by Gasteiger charge is -2.29. The third-order valence-electron chi connectivity index (χ3n) is 15.0. The van der Waals surface area contributed by atoms with Gasteiger partial charge in [-0.15, -0.1) is 0 Å². The summed E-state index contributed by atoms with van der Waals surface area (Å²) in [4.78, 5) is 25.5. The molecule has 0 aromatic carbocycles. The number of likely N-dealkylation sites (N-methyl/N-ethyl adjacent to an activating group) is 1. The Bertz CT molecular complexity index is 1380. The number of rotatable bonds is 61. The first kappa shape index (κ1) is 74.5. The molecule has 2 N–H and O–H groups in total. The summed E-state index contributed by atoms with van der Waals surface area (Å²) in [5.74, 6) is -0.207. The minimum atomic E-state index is -4.61. The highest BCUT2D eigenvalue weighted by atomic mass is 31.2. The van der Waals surface area contributed by atoms with Crippen LogP contribution in [0, 0.1) is 0 Å². The van der Waals surface area contributed by atoms with Crippen LogP contribution in [-0.4, -0.2) is 68.5 Å². The fourth-order valence-electron chi connectivity index (χ4n) is 9.83. The number of nitrogens with zero attached hydrogens (tertiary/aromatic N) is 1. The van der Waals surface area contributed by atoms with Crippen molar-refractivity contribution in [3.8, 4) is 0 Å². The molecule has 0 saturated carbocycles. The van der Waals surface area contributed by atoms with Gasteiger partial charge in [0.15, 0.2) is 0 Å². The molecule has 0 radical (unpaired) electrons. The van der Waals surface area contributed by atoms with Crippen molar-refractivity contribution in [3.63, 3.8) is 0 Å². The summed E-state index contributed by atoms with van der Waals surface area (Å²) in [6, 6.07) is -0.910. The van der Waals surface area contributed by atoms with Crippen LogP contribution in [0.25, 0.3) is 0 Å². The zero-order valence-electron chi connectivity index (χ0n) is 51.2. The number of amides is 1. The molecule has 3 atom stereocenters. The van der Waals surface area contributed by atoms with Crippen molar-refractivity contribution >= 4 is 13.7 Å². The molecule has 1 amide bonds. The van der Waals surface area contributed by atoms with E-state index in [1.54, 1.807) is 6.08 Å². The zero-order chi connectivity index (χ0) is 55.6. The van der Waals surface area contributed by atoms with Crippen LogP contribution in [0.5, 0.6) is 0 Å². The van der Waals surface area contributed by atoms with Gasteiger partial charge in [0, 0.05) is 6.42 Å². The van der Waals surface area contributed by atoms with Gasteiger partial charge in [-0.05, 0) is 70.6 Å². The minimum Gasteiger partial charge on any atom is -0.756 e. The molecule has 0 fully saturated rings. The number of hydrogen-bond donors (Lipinski definition) is 2. The number of carbonyl (C=O) groups is 1. The molecule has 8 nitrogen and oxygen atoms in total. The van der Waals surface area contributed by atoms with E-state index in [-0.39, 0.29) is 12.5 Å². The summed E-state index contributed by atoms with van der Waals surface area (Å²) in [5.41, 5.74) is 0. The van der Waals surface area contributed by atoms with E-state index in [1.165, 1.54) is 257 Å². The van der Waals surface area contributed by atoms with Gasteiger partial charge in [0.25, 0.3) is 7.82 Å². The van der Waals surface area contributed by atoms with Gasteiger partial charge >= 0.3 is 0 Å². The monoisotopic (exact) mass is 1090 g/mol. The summed E-state index contributed by atoms with van der Waals surface area (Å²) in [7, 11) is 1.24. The number of allylic oxidation sites excluding steroid dienone is 7. The Balaban J connectivity index is 4.04. The van der Waals surface area contributed by atoms with Crippen LogP contribution in [0.15, 0.2) is 48.6 Å². The van der Waals surface area contributed by atoms with Crippen molar-refractivity contribution in [2.45, 2.75) is 334 Å². The van der Waals surface area contributed by atoms with Gasteiger partial charge in [0.2, 0.25) is 5.91 Å². The normalized spacial score (nSPS) is 14.0. The van der Waals surface area contributed by atoms with E-state index >= 15 is 0 Å². The number of aliphatic hydroxyl groups excluding tert-OH is 1. The fourth-order valence-corrected chi connectivity index (χ4v) is 10.6. The molecule has 0 aromatic rings. The Morgan fingerprint density at radius 1 is 0.447 bits per heavy atom. The highest BCUT2D eigenvalue weighted by Crippen LogP contribution is 2.38. The van der Waals surface area contributed by atoms with E-state index in [2.05, 4.69) is 55.6 Å². The Morgan fingerprint density at radius 2 is 0.737 bits per heavy atom. The summed E-state index contributed by atoms with van der Waals surface area (Å²) in [6.07, 6.45) is 78.1. The molecule has 0 aliphatic heterocycles. The molecule has 0 spiro atoms. The molecule has 0 heterocycles. The largest absolute Gasteiger partial charge is 0.756 e. The average Bonchev–Trinajstić information content (AvgIpc) is 3.38. The van der Waals surface area contributed by atoms with Crippen molar-refractivity contribution in [2.24, 2.45) is 0 Å². The summed E-state index contributed by atoms with van der Waals surface area (Å²) >= 11 is 0. The first-order valence-electron chi connectivity index (χ1n) is 33.0. The van der Waals surface area contributed by atoms with E-state index < -0.39 is 26.6 Å². The lowest BCUT2D eigenvalue weighted by atomic mass is 10.0. The highest BCUT2D eigenvalue weighted by molar-refractivity contribution is 7.45. The number of quaternary nitrogens is 1. The number of phosphoric acid groups is 1. The number of unbranched alkanes of at least 4 members (excludes halogenated alkanes) is 42. The topological polar surface area (TPSA) is 108 Å². The Labute approximate surface area is 473 Å². The maximum absolute atomic E-state index is 13.0. The van der Waals surface area contributed by atoms with Gasteiger partial charge in [-0.1, -0.05) is 294 Å². The predicted molar refractivity (Wildman–Crippen MR) is 330 cm³/mol. The molecule has 0 aliphatic rings. The van der Waals surface area contributed by atoms with E-state index in [4.69, 9.17) is 9.05 Å². The van der Waals surface area contributed by atoms with Gasteiger partial charge < -0.3 is 28.8 Å². The fraction of sp³-hybridized carbons (Fsp3) is 0.866. The van der Waals surface area contributed by atoms with Gasteiger partial charge in [-0.3, -0.25) is 9.36 Å². The Kier molecular flexibility index (Phi) is 56.9. The molecule has 0 aromatic heterocycles. The standard InChI is InChI=1S/C67H129N2O6P/c1-6-8-10-12-14-16-18-20-22-24-26-27-28-29-30-31-32-33-34-35-36-37-38-39-40-41-43-45-47-49-51-53-55-57-59-61-67(71)68-65(64-75-76(72,73)74-63-62-69(3,4)5)66(70)60-58-56-54-52-50-48-46-44-42-25-23-21-19-17-15-13-11-9-7-2/h31-32,42,44,50,52,58,60,65-66,70H,6-30,33-41,43,45-49,51,53-57,59,61-64H2,1-5H3,(H-,68,71,72,73)/b32-31-,44-42+,52-50+,60-58+. The molecule has 0 rings (SSSR count). The molecular weight excluding hydrogens is 960 g/mol. The van der Waals surface area contributed by atoms with Crippen LogP contribution in [0.2, 0.25) is 0 Å². The predicted octanol–water partition coefficient (Wildman–Crippen LogP) is 20.0. The molecule has 3 unspecified atom stereocenters. The zero-order valence-corrected chi connectivity index (χ0v) is 52.1. The number of phosphoric ester groups is 1. The second kappa shape index (κ2) is 58.1. The van der Waals surface area contributed by atoms with Crippen molar-refractivity contribution < 1.29 is 32.9 Å². The number of aliphatic hydroxyl groups is 1. The molecule has 0 saturated heterocycles. The summed E-state index contributed by atoms with van der Waals surface area (Å²) < 4.78 is 23.4. The Morgan fingerprint density at radius 3 is 1.07 bits per heavy atom. The van der Waals surface area contributed by atoms with Crippen molar-refractivity contribution in [1.82, 2.24) is 5.32 Å². The first-order chi connectivity index (χ1) is 37.0. The first-order valence-corrected chi connectivity index (χ1v) is 34.5. The van der Waals surface area contributed by atoms with Crippen molar-refractivity contribution in [3.05, 3.63) is 48.6 Å². The molecule has 76 heavy (non-hydrogen) atoms. The third kappa shape index (κ3) is 60.1. The Hall–Kier alpha value is -1.54. The number of nitrogens with one attached hydrogen (secondary N) is 1. The summed E-state index contributed by atoms with van der Waals surface area (Å²) in [6.45, 7) is 4.66. The van der Waals surface area contributed by atoms with Crippen LogP contribution in [0.3, 0.4) is 0 Å². The third-order valence-corrected chi connectivity index (χ3v) is 16.0. The second-order valence-corrected chi connectivity index (χ2v) is 25.2. The maximum atomic E-state index is 13.0. The van der Waals surface area contributed by atoms with Crippen LogP contribution in [-0.2, 0) is 18.4 Å². The lowest BCUT2D eigenvalue weighted by molar-refractivity contribution is -0.870. The molecule has 448 valence electrons. The number of hydrogen-bond acceptors (Lipinski definition) is 6. The van der Waals surface area contributed by atoms with E-state index in [0.717, 1.165) is 44.9 Å². The molecule has 9 heteroatoms. The van der Waals surface area contributed by atoms with Gasteiger partial charge in [-0.25, -0.2) is 0 Å². The van der Waals surface area contributed by atoms with Gasteiger partial charge in [0.05, 0.1) is 39.9 Å². The molecular formula is C67H129N2O6P. The van der Waals surface area contributed by atoms with Crippen LogP contribution < -0.4 is 10.2 Å². The molecule has 0 aliphatic carbocycles. The van der Waals surface area contributed by atoms with Crippen molar-refractivity contribution in [2.75, 3.05) is 40.9 Å². The minimum absolute atomic E-state index is 0.00850. The second-order valence-electron chi connectivity index (χ2n) is 23.8. The molecule has 0 bridgehead atoms. The highest BCUT2D eigenvalue weighted by Gasteiger charge is 2.23. The quantitative estimate of drug-likeness (QED) is 0.0272. The van der Waals surface area contributed by atoms with Gasteiger partial charge in [-0.2, -0.15) is 0 Å². The van der Waals surface area contributed by atoms with Crippen molar-refractivity contribution in [1.29, 1.82) is 0 Å². The number of carbonyl (C=O) groups excluding carboxylic acids is 1. The maximum Gasteiger partial charge on any atom is 0.268 e. The van der Waals surface area contributed by atoms with Crippen LogP contribution in [0.1, 0.15) is 322 Å². The van der Waals surface area contributed by atoms with Crippen LogP contribution >= 0.6 is 7.82 Å². The summed E-state index contributed by atoms with van der Waals surface area (Å²) in [5, 5.41) is 13.9. The van der Waals surface area contributed by atoms with E-state index in [0.29, 0.717) is 17.4 Å². The van der Waals surface area contributed by atoms with Gasteiger partial charge in [0.1, 0.15) is 13.2 Å². The lowest BCUT2D eigenvalue weighted by Crippen LogP contribution is -2.45. The van der Waals surface area contributed by atoms with Crippen LogP contribution in [0.4, 0.5) is 0 Å². The SMILES string of the molecule is CCCCCCCCCCC/C=C/CC/C=C/CC/C=C/C(O)C(COP(=O)([O-])OCC[N+](C)(C)C)NC(=O)CCCCCCCCCCCCCCCCCCC/C=C\CCCCCCCCCCCCCCCC. The van der Waals surface area contributed by atoms with E-state index in [1.807, 2.05) is 27.2 Å². The average molecular weight is 1090 g/mol. The smallest absolute Gasteiger partial charge is 0.268 e.